The number of carbonyl (C=O) groups is 2. The Hall–Kier alpha value is -5.73. The highest BCUT2D eigenvalue weighted by molar-refractivity contribution is 9.10. The van der Waals surface area contributed by atoms with Gasteiger partial charge in [0.2, 0.25) is 0 Å². The van der Waals surface area contributed by atoms with Gasteiger partial charge in [-0.1, -0.05) is 30.3 Å². The molecule has 4 aromatic rings. The molecule has 0 atom stereocenters. The first-order valence-corrected chi connectivity index (χ1v) is 13.2. The lowest BCUT2D eigenvalue weighted by atomic mass is 10.1. The second-order valence-corrected chi connectivity index (χ2v) is 9.91. The Labute approximate surface area is 256 Å². The van der Waals surface area contributed by atoms with E-state index in [-0.39, 0.29) is 16.8 Å². The third kappa shape index (κ3) is 6.35. The summed E-state index contributed by atoms with van der Waals surface area (Å²) in [6.07, 6.45) is -4.88. The molecule has 0 aliphatic heterocycles. The Kier molecular flexibility index (Phi) is 8.97. The van der Waals surface area contributed by atoms with Crippen molar-refractivity contribution in [2.75, 3.05) is 20.7 Å². The van der Waals surface area contributed by atoms with Crippen molar-refractivity contribution < 1.29 is 33.0 Å². The molecule has 0 fully saturated rings. The summed E-state index contributed by atoms with van der Waals surface area (Å²) in [5, 5.41) is 46.6. The first kappa shape index (κ1) is 31.2. The minimum atomic E-state index is -4.88. The van der Waals surface area contributed by atoms with Gasteiger partial charge in [-0.05, 0) is 76.9 Å². The van der Waals surface area contributed by atoms with E-state index in [2.05, 4.69) is 26.6 Å². The fourth-order valence-electron chi connectivity index (χ4n) is 4.12. The van der Waals surface area contributed by atoms with E-state index in [1.165, 1.54) is 37.3 Å². The van der Waals surface area contributed by atoms with Crippen LogP contribution in [-0.4, -0.2) is 22.3 Å². The number of anilines is 4. The zero-order chi connectivity index (χ0) is 32.2. The maximum atomic E-state index is 14.0. The number of urea groups is 2. The van der Waals surface area contributed by atoms with E-state index in [1.54, 1.807) is 24.3 Å². The van der Waals surface area contributed by atoms with Gasteiger partial charge in [-0.15, -0.1) is 0 Å². The lowest BCUT2D eigenvalue weighted by Gasteiger charge is -2.35. The largest absolute Gasteiger partial charge is 0.506 e. The number of para-hydroxylation sites is 2. The van der Waals surface area contributed by atoms with Crippen LogP contribution < -0.4 is 20.7 Å². The van der Waals surface area contributed by atoms with Crippen LogP contribution in [0.2, 0.25) is 0 Å². The number of amides is 4. The summed E-state index contributed by atoms with van der Waals surface area (Å²) < 4.78 is 41.8. The predicted molar refractivity (Wildman–Crippen MR) is 159 cm³/mol. The number of nitrogens with zero attached hydrogens (tertiary/aromatic N) is 4. The van der Waals surface area contributed by atoms with Gasteiger partial charge in [0.1, 0.15) is 23.2 Å². The van der Waals surface area contributed by atoms with Gasteiger partial charge < -0.3 is 20.8 Å². The van der Waals surface area contributed by atoms with Gasteiger partial charge in [-0.2, -0.15) is 33.7 Å². The summed E-state index contributed by atoms with van der Waals surface area (Å²) in [5.74, 6) is -1.45. The fourth-order valence-corrected chi connectivity index (χ4v) is 4.50. The molecular weight excluding hydrogens is 645 g/mol. The van der Waals surface area contributed by atoms with Gasteiger partial charge in [-0.3, -0.25) is 0 Å². The first-order chi connectivity index (χ1) is 20.9. The van der Waals surface area contributed by atoms with Crippen LogP contribution in [0.15, 0.2) is 83.3 Å². The summed E-state index contributed by atoms with van der Waals surface area (Å²) >= 11 is 3.29. The van der Waals surface area contributed by atoms with Crippen molar-refractivity contribution in [3.8, 4) is 23.6 Å². The predicted octanol–water partition coefficient (Wildman–Crippen LogP) is 7.62. The van der Waals surface area contributed by atoms with E-state index in [1.807, 2.05) is 6.07 Å². The number of nitrogens with one attached hydrogen (secondary N) is 2. The van der Waals surface area contributed by atoms with Crippen molar-refractivity contribution in [1.29, 1.82) is 10.5 Å². The molecule has 0 saturated heterocycles. The second kappa shape index (κ2) is 12.6. The number of hydrogen-bond donors (Lipinski definition) is 4. The maximum absolute atomic E-state index is 14.0. The Morgan fingerprint density at radius 3 is 1.98 bits per heavy atom. The van der Waals surface area contributed by atoms with Crippen LogP contribution in [0.5, 0.6) is 11.5 Å². The van der Waals surface area contributed by atoms with E-state index in [0.717, 1.165) is 30.3 Å². The molecule has 4 rings (SSSR count). The summed E-state index contributed by atoms with van der Waals surface area (Å²) in [4.78, 5) is 28.0. The van der Waals surface area contributed by atoms with E-state index < -0.39 is 52.4 Å². The number of rotatable bonds is 4. The zero-order valence-electron chi connectivity index (χ0n) is 22.5. The number of alkyl halides is 3. The molecule has 0 aliphatic carbocycles. The molecule has 0 spiro atoms. The number of carbonyl (C=O) groups excluding carboxylic acids is 2. The number of hydrazine groups is 1. The van der Waals surface area contributed by atoms with Crippen molar-refractivity contribution in [3.05, 3.63) is 106 Å². The third-order valence-corrected chi connectivity index (χ3v) is 6.90. The van der Waals surface area contributed by atoms with Crippen molar-refractivity contribution in [2.24, 2.45) is 0 Å². The van der Waals surface area contributed by atoms with Crippen LogP contribution in [-0.2, 0) is 6.18 Å². The maximum Gasteiger partial charge on any atom is 0.418 e. The van der Waals surface area contributed by atoms with Crippen molar-refractivity contribution in [1.82, 2.24) is 0 Å². The van der Waals surface area contributed by atoms with Gasteiger partial charge in [0.05, 0.1) is 34.1 Å². The lowest BCUT2D eigenvalue weighted by Crippen LogP contribution is -2.54. The van der Waals surface area contributed by atoms with Crippen LogP contribution in [0.4, 0.5) is 45.5 Å². The molecule has 222 valence electrons. The molecule has 4 amide bonds. The van der Waals surface area contributed by atoms with Crippen LogP contribution in [0, 0.1) is 29.6 Å². The van der Waals surface area contributed by atoms with Gasteiger partial charge in [0.15, 0.2) is 5.75 Å². The normalized spacial score (nSPS) is 10.7. The Balaban J connectivity index is 1.98. The third-order valence-electron chi connectivity index (χ3n) is 6.21. The molecule has 0 aliphatic rings. The number of phenols is 2. The van der Waals surface area contributed by atoms with Gasteiger partial charge in [0.25, 0.3) is 0 Å². The van der Waals surface area contributed by atoms with Gasteiger partial charge in [-0.25, -0.2) is 9.59 Å². The number of aryl methyl sites for hydroxylation is 1. The van der Waals surface area contributed by atoms with E-state index in [9.17, 15) is 43.5 Å². The molecular formula is C30H20BrF3N6O4. The molecule has 14 heteroatoms. The van der Waals surface area contributed by atoms with E-state index in [4.69, 9.17) is 0 Å². The van der Waals surface area contributed by atoms with E-state index in [0.29, 0.717) is 20.1 Å². The molecule has 0 heterocycles. The zero-order valence-corrected chi connectivity index (χ0v) is 24.1. The Morgan fingerprint density at radius 2 is 1.39 bits per heavy atom. The molecule has 0 bridgehead atoms. The minimum Gasteiger partial charge on any atom is -0.506 e. The lowest BCUT2D eigenvalue weighted by molar-refractivity contribution is -0.136. The highest BCUT2D eigenvalue weighted by atomic mass is 79.9. The molecule has 0 radical (unpaired) electrons. The molecule has 4 aromatic carbocycles. The van der Waals surface area contributed by atoms with Crippen molar-refractivity contribution in [2.45, 2.75) is 13.1 Å². The standard InChI is InChI=1S/C30H20BrF3N6O4/c1-17-10-12-25(27(42)19(17)16-36)40(29(44)38-23-9-5-3-7-21(23)31)39(24-13-11-18(15-35)14-26(24)41)28(43)37-22-8-4-2-6-20(22)30(32,33)34/h2-14,41-42H,1H3,(H,37,43)(H,38,44). The number of phenolic OH excluding ortho intramolecular Hbond substituents is 2. The first-order valence-electron chi connectivity index (χ1n) is 12.5. The van der Waals surface area contributed by atoms with Crippen LogP contribution in [0.3, 0.4) is 0 Å². The van der Waals surface area contributed by atoms with Gasteiger partial charge >= 0.3 is 18.2 Å². The molecule has 4 N–H and O–H groups in total. The Morgan fingerprint density at radius 1 is 0.818 bits per heavy atom. The van der Waals surface area contributed by atoms with Crippen LogP contribution >= 0.6 is 15.9 Å². The number of hydrogen-bond acceptors (Lipinski definition) is 6. The quantitative estimate of drug-likeness (QED) is 0.165. The summed E-state index contributed by atoms with van der Waals surface area (Å²) in [6.45, 7) is 1.51. The highest BCUT2D eigenvalue weighted by Crippen LogP contribution is 2.40. The molecule has 0 saturated carbocycles. The number of halogens is 4. The van der Waals surface area contributed by atoms with Gasteiger partial charge in [0, 0.05) is 4.47 Å². The summed E-state index contributed by atoms with van der Waals surface area (Å²) in [6, 6.07) is 17.4. The summed E-state index contributed by atoms with van der Waals surface area (Å²) in [7, 11) is 0. The van der Waals surface area contributed by atoms with Crippen LogP contribution in [0.25, 0.3) is 0 Å². The van der Waals surface area contributed by atoms with Crippen molar-refractivity contribution >= 4 is 50.7 Å². The smallest absolute Gasteiger partial charge is 0.418 e. The fraction of sp³-hybridized carbons (Fsp3) is 0.0667. The molecule has 44 heavy (non-hydrogen) atoms. The minimum absolute atomic E-state index is 0.0387. The molecule has 10 nitrogen and oxygen atoms in total. The Bertz CT molecular complexity index is 1850. The second-order valence-electron chi connectivity index (χ2n) is 9.06. The number of benzene rings is 4. The highest BCUT2D eigenvalue weighted by Gasteiger charge is 2.37. The molecule has 0 unspecified atom stereocenters. The summed E-state index contributed by atoms with van der Waals surface area (Å²) in [5.41, 5.74) is -2.58. The molecule has 0 aromatic heterocycles. The average Bonchev–Trinajstić information content (AvgIpc) is 2.98. The number of aromatic hydroxyl groups is 2. The van der Waals surface area contributed by atoms with Crippen molar-refractivity contribution in [3.63, 3.8) is 0 Å². The average molecular weight is 665 g/mol. The van der Waals surface area contributed by atoms with E-state index >= 15 is 0 Å². The van der Waals surface area contributed by atoms with Crippen LogP contribution in [0.1, 0.15) is 22.3 Å². The monoisotopic (exact) mass is 664 g/mol. The topological polar surface area (TPSA) is 153 Å². The number of nitriles is 2. The SMILES string of the molecule is Cc1ccc(N(C(=O)Nc2ccccc2Br)N(C(=O)Nc2ccccc2C(F)(F)F)c2ccc(C#N)cc2O)c(O)c1C#N.